The minimum Gasteiger partial charge on any atom is -0.482 e. The van der Waals surface area contributed by atoms with Crippen LogP contribution in [0.25, 0.3) is 10.6 Å². The molecule has 1 aromatic heterocycles. The highest BCUT2D eigenvalue weighted by molar-refractivity contribution is 7.13. The second-order valence-electron chi connectivity index (χ2n) is 6.51. The summed E-state index contributed by atoms with van der Waals surface area (Å²) in [6.07, 6.45) is 0. The first-order valence-corrected chi connectivity index (χ1v) is 9.76. The average molecular weight is 392 g/mol. The molecule has 1 heterocycles. The van der Waals surface area contributed by atoms with E-state index < -0.39 is 5.97 Å². The third-order valence-corrected chi connectivity index (χ3v) is 5.04. The monoisotopic (exact) mass is 392 g/mol. The molecule has 0 fully saturated rings. The van der Waals surface area contributed by atoms with E-state index in [9.17, 15) is 4.79 Å². The van der Waals surface area contributed by atoms with E-state index in [0.717, 1.165) is 10.6 Å². The molecule has 28 heavy (non-hydrogen) atoms. The Morgan fingerprint density at radius 1 is 1.14 bits per heavy atom. The van der Waals surface area contributed by atoms with Gasteiger partial charge in [-0.25, -0.2) is 9.78 Å². The molecule has 0 aliphatic rings. The van der Waals surface area contributed by atoms with Crippen molar-refractivity contribution in [1.82, 2.24) is 4.98 Å². The minimum absolute atomic E-state index is 0.107. The van der Waals surface area contributed by atoms with Crippen LogP contribution in [0.1, 0.15) is 36.6 Å². The molecule has 5 nitrogen and oxygen atoms in total. The summed E-state index contributed by atoms with van der Waals surface area (Å²) in [5.41, 5.74) is 3.58. The van der Waals surface area contributed by atoms with Crippen LogP contribution in [0.5, 0.6) is 5.75 Å². The molecule has 0 radical (unpaired) electrons. The number of carbonyl (C=O) groups excluding carboxylic acids is 1. The molecule has 0 spiro atoms. The van der Waals surface area contributed by atoms with Gasteiger partial charge >= 0.3 is 5.97 Å². The molecule has 0 aliphatic carbocycles. The summed E-state index contributed by atoms with van der Waals surface area (Å²) < 4.78 is 10.6. The lowest BCUT2D eigenvalue weighted by Crippen LogP contribution is -2.14. The number of ether oxygens (including phenoxy) is 2. The molecular weight excluding hydrogens is 372 g/mol. The fraction of sp³-hybridized carbons (Fsp3) is 0.227. The van der Waals surface area contributed by atoms with Crippen LogP contribution < -0.4 is 4.74 Å². The summed E-state index contributed by atoms with van der Waals surface area (Å²) >= 11 is 1.52. The molecule has 0 N–H and O–H groups in total. The van der Waals surface area contributed by atoms with Crippen molar-refractivity contribution in [2.75, 3.05) is 6.61 Å². The number of rotatable bonds is 7. The maximum Gasteiger partial charge on any atom is 0.344 e. The standard InChI is InChI=1S/C22H20N2O3S/c1-15(2)17-5-7-18(8-6-17)22-24-19(14-28-22)12-27-21(25)13-26-20-9-3-16(11-23)4-10-20/h3-10,14-15H,12-13H2,1-2H3. The molecule has 3 rings (SSSR count). The van der Waals surface area contributed by atoms with Crippen LogP contribution in [0.4, 0.5) is 0 Å². The fourth-order valence-electron chi connectivity index (χ4n) is 2.48. The Balaban J connectivity index is 1.49. The van der Waals surface area contributed by atoms with Crippen LogP contribution in [0.15, 0.2) is 53.9 Å². The zero-order valence-corrected chi connectivity index (χ0v) is 16.5. The van der Waals surface area contributed by atoms with Crippen molar-refractivity contribution >= 4 is 17.3 Å². The summed E-state index contributed by atoms with van der Waals surface area (Å²) in [5.74, 6) is 0.531. The zero-order valence-electron chi connectivity index (χ0n) is 15.7. The van der Waals surface area contributed by atoms with Gasteiger partial charge in [-0.05, 0) is 35.7 Å². The second-order valence-corrected chi connectivity index (χ2v) is 7.36. The number of hydrogen-bond donors (Lipinski definition) is 0. The van der Waals surface area contributed by atoms with Crippen LogP contribution in [0.2, 0.25) is 0 Å². The Hall–Kier alpha value is -3.17. The zero-order chi connectivity index (χ0) is 19.9. The Morgan fingerprint density at radius 3 is 2.50 bits per heavy atom. The third kappa shape index (κ3) is 5.18. The van der Waals surface area contributed by atoms with Gasteiger partial charge in [0.25, 0.3) is 0 Å². The summed E-state index contributed by atoms with van der Waals surface area (Å²) in [4.78, 5) is 16.4. The van der Waals surface area contributed by atoms with E-state index in [-0.39, 0.29) is 13.2 Å². The van der Waals surface area contributed by atoms with E-state index in [1.54, 1.807) is 24.3 Å². The first kappa shape index (κ1) is 19.6. The van der Waals surface area contributed by atoms with Gasteiger partial charge in [-0.1, -0.05) is 38.1 Å². The Kier molecular flexibility index (Phi) is 6.41. The Morgan fingerprint density at radius 2 is 1.86 bits per heavy atom. The van der Waals surface area contributed by atoms with Crippen molar-refractivity contribution in [2.24, 2.45) is 0 Å². The topological polar surface area (TPSA) is 72.2 Å². The van der Waals surface area contributed by atoms with E-state index >= 15 is 0 Å². The van der Waals surface area contributed by atoms with Gasteiger partial charge in [-0.15, -0.1) is 11.3 Å². The highest BCUT2D eigenvalue weighted by atomic mass is 32.1. The predicted octanol–water partition coefficient (Wildman–Crippen LogP) is 4.93. The van der Waals surface area contributed by atoms with Crippen molar-refractivity contribution in [3.05, 3.63) is 70.7 Å². The molecule has 142 valence electrons. The summed E-state index contributed by atoms with van der Waals surface area (Å²) in [6.45, 7) is 4.24. The Labute approximate surface area is 168 Å². The van der Waals surface area contributed by atoms with Crippen molar-refractivity contribution < 1.29 is 14.3 Å². The normalized spacial score (nSPS) is 10.5. The van der Waals surface area contributed by atoms with Gasteiger partial charge in [0.1, 0.15) is 17.4 Å². The molecule has 0 aliphatic heterocycles. The molecular formula is C22H20N2O3S. The number of hydrogen-bond acceptors (Lipinski definition) is 6. The van der Waals surface area contributed by atoms with Crippen molar-refractivity contribution in [3.63, 3.8) is 0 Å². The van der Waals surface area contributed by atoms with E-state index in [1.165, 1.54) is 16.9 Å². The fourth-order valence-corrected chi connectivity index (χ4v) is 3.29. The largest absolute Gasteiger partial charge is 0.482 e. The number of esters is 1. The number of aromatic nitrogens is 1. The second kappa shape index (κ2) is 9.16. The molecule has 3 aromatic rings. The smallest absolute Gasteiger partial charge is 0.344 e. The van der Waals surface area contributed by atoms with Crippen LogP contribution in [-0.2, 0) is 16.1 Å². The van der Waals surface area contributed by atoms with Crippen molar-refractivity contribution in [3.8, 4) is 22.4 Å². The van der Waals surface area contributed by atoms with Gasteiger partial charge in [0, 0.05) is 10.9 Å². The number of benzene rings is 2. The van der Waals surface area contributed by atoms with Crippen LogP contribution in [0.3, 0.4) is 0 Å². The first-order chi connectivity index (χ1) is 13.5. The summed E-state index contributed by atoms with van der Waals surface area (Å²) in [7, 11) is 0. The number of nitriles is 1. The SMILES string of the molecule is CC(C)c1ccc(-c2nc(COC(=O)COc3ccc(C#N)cc3)cs2)cc1. The van der Waals surface area contributed by atoms with Crippen LogP contribution >= 0.6 is 11.3 Å². The van der Waals surface area contributed by atoms with Gasteiger partial charge in [-0.3, -0.25) is 0 Å². The van der Waals surface area contributed by atoms with Gasteiger partial charge in [0.2, 0.25) is 0 Å². The maximum atomic E-state index is 11.9. The number of thiazole rings is 1. The first-order valence-electron chi connectivity index (χ1n) is 8.88. The van der Waals surface area contributed by atoms with Gasteiger partial charge in [0.05, 0.1) is 17.3 Å². The number of carbonyl (C=O) groups is 1. The number of nitrogens with zero attached hydrogens (tertiary/aromatic N) is 2. The predicted molar refractivity (Wildman–Crippen MR) is 108 cm³/mol. The van der Waals surface area contributed by atoms with Crippen molar-refractivity contribution in [2.45, 2.75) is 26.4 Å². The molecule has 0 amide bonds. The molecule has 0 saturated carbocycles. The van der Waals surface area contributed by atoms with E-state index in [4.69, 9.17) is 14.7 Å². The third-order valence-electron chi connectivity index (χ3n) is 4.10. The van der Waals surface area contributed by atoms with Gasteiger partial charge < -0.3 is 9.47 Å². The molecule has 2 aromatic carbocycles. The van der Waals surface area contributed by atoms with E-state index in [1.807, 2.05) is 11.4 Å². The van der Waals surface area contributed by atoms with Gasteiger partial charge in [0.15, 0.2) is 6.61 Å². The minimum atomic E-state index is -0.472. The van der Waals surface area contributed by atoms with Crippen LogP contribution in [0, 0.1) is 11.3 Å². The molecule has 0 unspecified atom stereocenters. The van der Waals surface area contributed by atoms with E-state index in [2.05, 4.69) is 43.1 Å². The molecule has 0 bridgehead atoms. The summed E-state index contributed by atoms with van der Waals surface area (Å²) in [6, 6.07) is 16.9. The average Bonchev–Trinajstić information content (AvgIpc) is 3.20. The maximum absolute atomic E-state index is 11.9. The van der Waals surface area contributed by atoms with Gasteiger partial charge in [-0.2, -0.15) is 5.26 Å². The lowest BCUT2D eigenvalue weighted by atomic mass is 10.0. The highest BCUT2D eigenvalue weighted by Crippen LogP contribution is 2.26. The lowest BCUT2D eigenvalue weighted by Gasteiger charge is -2.06. The summed E-state index contributed by atoms with van der Waals surface area (Å²) in [5, 5.41) is 11.6. The van der Waals surface area contributed by atoms with E-state index in [0.29, 0.717) is 22.9 Å². The van der Waals surface area contributed by atoms with Crippen LogP contribution in [-0.4, -0.2) is 17.6 Å². The quantitative estimate of drug-likeness (QED) is 0.533. The lowest BCUT2D eigenvalue weighted by molar-refractivity contribution is -0.147. The molecule has 6 heteroatoms. The Bertz CT molecular complexity index is 970. The highest BCUT2D eigenvalue weighted by Gasteiger charge is 2.09. The molecule has 0 saturated heterocycles. The van der Waals surface area contributed by atoms with Crippen molar-refractivity contribution in [1.29, 1.82) is 5.26 Å². The molecule has 0 atom stereocenters.